The van der Waals surface area contributed by atoms with Gasteiger partial charge in [0, 0.05) is 24.6 Å². The van der Waals surface area contributed by atoms with Crippen molar-refractivity contribution in [2.75, 3.05) is 13.6 Å². The van der Waals surface area contributed by atoms with Gasteiger partial charge in [-0.3, -0.25) is 4.79 Å². The lowest BCUT2D eigenvalue weighted by atomic mass is 10.0. The van der Waals surface area contributed by atoms with Gasteiger partial charge in [0.2, 0.25) is 17.6 Å². The van der Waals surface area contributed by atoms with E-state index in [0.29, 0.717) is 30.2 Å². The zero-order chi connectivity index (χ0) is 20.9. The Labute approximate surface area is 175 Å². The Hall–Kier alpha value is -3.06. The molecule has 1 saturated heterocycles. The zero-order valence-corrected chi connectivity index (χ0v) is 16.9. The molecule has 4 rings (SSSR count). The van der Waals surface area contributed by atoms with Crippen LogP contribution in [0.1, 0.15) is 36.8 Å². The first-order valence-electron chi connectivity index (χ1n) is 10.2. The molecule has 1 aliphatic heterocycles. The van der Waals surface area contributed by atoms with E-state index >= 15 is 0 Å². The predicted octanol–water partition coefficient (Wildman–Crippen LogP) is 3.76. The first-order chi connectivity index (χ1) is 14.7. The molecule has 156 valence electrons. The SMILES string of the molecule is CNC(CC(=O)N1CCC[C@@H]1c1nc(-c2ccccc2)no1)Cc1ccccc1F. The Bertz CT molecular complexity index is 992. The molecule has 3 aromatic rings. The maximum atomic E-state index is 14.0. The fraction of sp³-hybridized carbons (Fsp3) is 0.348. The highest BCUT2D eigenvalue weighted by atomic mass is 19.1. The number of rotatable bonds is 7. The van der Waals surface area contributed by atoms with Gasteiger partial charge in [0.05, 0.1) is 0 Å². The van der Waals surface area contributed by atoms with E-state index in [9.17, 15) is 9.18 Å². The van der Waals surface area contributed by atoms with Gasteiger partial charge in [-0.05, 0) is 37.9 Å². The number of hydrogen-bond acceptors (Lipinski definition) is 5. The average Bonchev–Trinajstić information content (AvgIpc) is 3.45. The molecule has 1 N–H and O–H groups in total. The summed E-state index contributed by atoms with van der Waals surface area (Å²) in [5, 5.41) is 7.24. The summed E-state index contributed by atoms with van der Waals surface area (Å²) in [4.78, 5) is 19.4. The van der Waals surface area contributed by atoms with Crippen LogP contribution in [-0.4, -0.2) is 40.6 Å². The fourth-order valence-corrected chi connectivity index (χ4v) is 3.93. The van der Waals surface area contributed by atoms with Crippen LogP contribution in [0.3, 0.4) is 0 Å². The Morgan fingerprint density at radius 3 is 2.77 bits per heavy atom. The zero-order valence-electron chi connectivity index (χ0n) is 16.9. The molecule has 0 aliphatic carbocycles. The molecule has 7 heteroatoms. The maximum Gasteiger partial charge on any atom is 0.249 e. The van der Waals surface area contributed by atoms with Gasteiger partial charge in [-0.25, -0.2) is 4.39 Å². The molecule has 1 aliphatic rings. The van der Waals surface area contributed by atoms with Crippen LogP contribution in [0.4, 0.5) is 4.39 Å². The van der Waals surface area contributed by atoms with Crippen LogP contribution in [-0.2, 0) is 11.2 Å². The number of hydrogen-bond donors (Lipinski definition) is 1. The van der Waals surface area contributed by atoms with Crippen molar-refractivity contribution < 1.29 is 13.7 Å². The van der Waals surface area contributed by atoms with Gasteiger partial charge in [0.15, 0.2) is 0 Å². The monoisotopic (exact) mass is 408 g/mol. The minimum Gasteiger partial charge on any atom is -0.337 e. The highest BCUT2D eigenvalue weighted by Gasteiger charge is 2.34. The lowest BCUT2D eigenvalue weighted by molar-refractivity contribution is -0.133. The molecule has 2 atom stereocenters. The first-order valence-corrected chi connectivity index (χ1v) is 10.2. The molecule has 1 fully saturated rings. The van der Waals surface area contributed by atoms with Gasteiger partial charge in [0.25, 0.3) is 0 Å². The molecule has 0 radical (unpaired) electrons. The lowest BCUT2D eigenvalue weighted by Crippen LogP contribution is -2.38. The van der Waals surface area contributed by atoms with Crippen molar-refractivity contribution in [3.8, 4) is 11.4 Å². The number of nitrogens with zero attached hydrogens (tertiary/aromatic N) is 3. The van der Waals surface area contributed by atoms with E-state index in [-0.39, 0.29) is 30.2 Å². The molecular weight excluding hydrogens is 383 g/mol. The highest BCUT2D eigenvalue weighted by molar-refractivity contribution is 5.77. The largest absolute Gasteiger partial charge is 0.337 e. The Balaban J connectivity index is 1.44. The van der Waals surface area contributed by atoms with Crippen LogP contribution in [0.25, 0.3) is 11.4 Å². The van der Waals surface area contributed by atoms with E-state index in [0.717, 1.165) is 18.4 Å². The topological polar surface area (TPSA) is 71.3 Å². The first kappa shape index (κ1) is 20.2. The molecule has 6 nitrogen and oxygen atoms in total. The van der Waals surface area contributed by atoms with E-state index in [4.69, 9.17) is 4.52 Å². The predicted molar refractivity (Wildman–Crippen MR) is 111 cm³/mol. The number of amides is 1. The molecule has 0 saturated carbocycles. The second-order valence-corrected chi connectivity index (χ2v) is 7.55. The summed E-state index contributed by atoms with van der Waals surface area (Å²) in [5.74, 6) is 0.753. The molecule has 0 bridgehead atoms. The van der Waals surface area contributed by atoms with Crippen molar-refractivity contribution in [3.63, 3.8) is 0 Å². The molecule has 1 unspecified atom stereocenters. The molecule has 0 spiro atoms. The number of benzene rings is 2. The molecule has 30 heavy (non-hydrogen) atoms. The Morgan fingerprint density at radius 2 is 2.00 bits per heavy atom. The molecule has 1 amide bonds. The van der Waals surface area contributed by atoms with Crippen molar-refractivity contribution in [3.05, 3.63) is 71.9 Å². The third kappa shape index (κ3) is 4.41. The van der Waals surface area contributed by atoms with Crippen LogP contribution in [0.15, 0.2) is 59.1 Å². The summed E-state index contributed by atoms with van der Waals surface area (Å²) in [6.07, 6.45) is 2.41. The summed E-state index contributed by atoms with van der Waals surface area (Å²) < 4.78 is 19.5. The molecule has 1 aromatic heterocycles. The number of halogens is 1. The molecular formula is C23H25FN4O2. The fourth-order valence-electron chi connectivity index (χ4n) is 3.93. The third-order valence-electron chi connectivity index (χ3n) is 5.59. The number of likely N-dealkylation sites (tertiary alicyclic amines) is 1. The van der Waals surface area contributed by atoms with Gasteiger partial charge in [-0.2, -0.15) is 4.98 Å². The van der Waals surface area contributed by atoms with Crippen molar-refractivity contribution in [2.45, 2.75) is 37.8 Å². The van der Waals surface area contributed by atoms with Gasteiger partial charge in [-0.1, -0.05) is 53.7 Å². The molecule has 2 aromatic carbocycles. The van der Waals surface area contributed by atoms with Crippen LogP contribution < -0.4 is 5.32 Å². The number of likely N-dealkylation sites (N-methyl/N-ethyl adjacent to an activating group) is 1. The van der Waals surface area contributed by atoms with Crippen molar-refractivity contribution in [1.82, 2.24) is 20.4 Å². The summed E-state index contributed by atoms with van der Waals surface area (Å²) in [6.45, 7) is 0.655. The summed E-state index contributed by atoms with van der Waals surface area (Å²) in [7, 11) is 1.80. The number of aromatic nitrogens is 2. The number of carbonyl (C=O) groups excluding carboxylic acids is 1. The van der Waals surface area contributed by atoms with Crippen LogP contribution >= 0.6 is 0 Å². The van der Waals surface area contributed by atoms with Crippen LogP contribution in [0.5, 0.6) is 0 Å². The van der Waals surface area contributed by atoms with E-state index in [1.54, 1.807) is 19.2 Å². The lowest BCUT2D eigenvalue weighted by Gasteiger charge is -2.25. The standard InChI is InChI=1S/C23H25FN4O2/c1-25-18(14-17-10-5-6-11-19(17)24)15-21(29)28-13-7-12-20(28)23-26-22(27-30-23)16-8-3-2-4-9-16/h2-6,8-11,18,20,25H,7,12-15H2,1H3/t18?,20-/m1/s1. The number of carbonyl (C=O) groups is 1. The maximum absolute atomic E-state index is 14.0. The number of nitrogens with one attached hydrogen (secondary N) is 1. The van der Waals surface area contributed by atoms with Gasteiger partial charge >= 0.3 is 0 Å². The summed E-state index contributed by atoms with van der Waals surface area (Å²) in [5.41, 5.74) is 1.48. The summed E-state index contributed by atoms with van der Waals surface area (Å²) in [6, 6.07) is 15.9. The van der Waals surface area contributed by atoms with Crippen LogP contribution in [0, 0.1) is 5.82 Å². The van der Waals surface area contributed by atoms with E-state index < -0.39 is 0 Å². The van der Waals surface area contributed by atoms with Gasteiger partial charge in [-0.15, -0.1) is 0 Å². The smallest absolute Gasteiger partial charge is 0.249 e. The van der Waals surface area contributed by atoms with Crippen molar-refractivity contribution >= 4 is 5.91 Å². The Morgan fingerprint density at radius 1 is 1.23 bits per heavy atom. The highest BCUT2D eigenvalue weighted by Crippen LogP contribution is 2.32. The van der Waals surface area contributed by atoms with E-state index in [2.05, 4.69) is 15.5 Å². The second-order valence-electron chi connectivity index (χ2n) is 7.55. The minimum absolute atomic E-state index is 0.00708. The van der Waals surface area contributed by atoms with Crippen molar-refractivity contribution in [2.24, 2.45) is 0 Å². The molecule has 2 heterocycles. The summed E-state index contributed by atoms with van der Waals surface area (Å²) >= 11 is 0. The van der Waals surface area contributed by atoms with E-state index in [1.165, 1.54) is 6.07 Å². The van der Waals surface area contributed by atoms with Gasteiger partial charge in [0.1, 0.15) is 11.9 Å². The Kier molecular flexibility index (Phi) is 6.18. The van der Waals surface area contributed by atoms with Crippen molar-refractivity contribution in [1.29, 1.82) is 0 Å². The quantitative estimate of drug-likeness (QED) is 0.645. The second kappa shape index (κ2) is 9.17. The third-order valence-corrected chi connectivity index (χ3v) is 5.59. The normalized spacial score (nSPS) is 17.3. The average molecular weight is 408 g/mol. The van der Waals surface area contributed by atoms with Crippen LogP contribution in [0.2, 0.25) is 0 Å². The van der Waals surface area contributed by atoms with Gasteiger partial charge < -0.3 is 14.7 Å². The minimum atomic E-state index is -0.247. The van der Waals surface area contributed by atoms with E-state index in [1.807, 2.05) is 41.3 Å².